The first-order valence-corrected chi connectivity index (χ1v) is 10.6. The van der Waals surface area contributed by atoms with Gasteiger partial charge in [-0.25, -0.2) is 0 Å². The monoisotopic (exact) mass is 373 g/mol. The van der Waals surface area contributed by atoms with Crippen LogP contribution in [0.15, 0.2) is 24.3 Å². The summed E-state index contributed by atoms with van der Waals surface area (Å²) in [5.41, 5.74) is 0.603. The summed E-state index contributed by atoms with van der Waals surface area (Å²) in [7, 11) is 0. The summed E-state index contributed by atoms with van der Waals surface area (Å²) >= 11 is 0. The van der Waals surface area contributed by atoms with E-state index in [9.17, 15) is 10.1 Å². The third-order valence-electron chi connectivity index (χ3n) is 4.78. The van der Waals surface area contributed by atoms with Crippen LogP contribution >= 0.6 is 0 Å². The smallest absolute Gasteiger partial charge is 0.284 e. The second-order valence-corrected chi connectivity index (χ2v) is 7.15. The Morgan fingerprint density at radius 2 is 1.26 bits per heavy atom. The van der Waals surface area contributed by atoms with Gasteiger partial charge in [0.25, 0.3) is 5.69 Å². The van der Waals surface area contributed by atoms with E-state index in [-0.39, 0.29) is 10.6 Å². The number of para-hydroxylation sites is 1. The lowest BCUT2D eigenvalue weighted by molar-refractivity contribution is -0.385. The van der Waals surface area contributed by atoms with Crippen LogP contribution in [0.3, 0.4) is 0 Å². The Labute approximate surface area is 164 Å². The van der Waals surface area contributed by atoms with Gasteiger partial charge in [0.1, 0.15) is 5.56 Å². The summed E-state index contributed by atoms with van der Waals surface area (Å²) < 4.78 is 0. The number of rotatable bonds is 15. The minimum absolute atomic E-state index is 0.0927. The van der Waals surface area contributed by atoms with E-state index in [1.54, 1.807) is 18.2 Å². The number of aliphatic hydroxyl groups excluding tert-OH is 1. The summed E-state index contributed by atoms with van der Waals surface area (Å²) in [6.45, 7) is 0.335. The Balaban J connectivity index is 1.94. The first kappa shape index (κ1) is 23.2. The van der Waals surface area contributed by atoms with E-state index in [1.807, 2.05) is 0 Å². The largest absolute Gasteiger partial charge is 0.396 e. The molecule has 4 nitrogen and oxygen atoms in total. The molecule has 0 atom stereocenters. The van der Waals surface area contributed by atoms with Crippen molar-refractivity contribution in [3.63, 3.8) is 0 Å². The van der Waals surface area contributed by atoms with Gasteiger partial charge in [-0.15, -0.1) is 0 Å². The molecule has 4 heteroatoms. The van der Waals surface area contributed by atoms with Crippen LogP contribution in [0, 0.1) is 22.0 Å². The third kappa shape index (κ3) is 12.2. The fourth-order valence-electron chi connectivity index (χ4n) is 3.17. The van der Waals surface area contributed by atoms with E-state index in [1.165, 1.54) is 76.7 Å². The topological polar surface area (TPSA) is 63.4 Å². The average molecular weight is 374 g/mol. The van der Waals surface area contributed by atoms with Gasteiger partial charge in [0.05, 0.1) is 4.92 Å². The molecule has 0 aromatic heterocycles. The van der Waals surface area contributed by atoms with Crippen molar-refractivity contribution in [2.75, 3.05) is 6.61 Å². The maximum absolute atomic E-state index is 10.9. The minimum atomic E-state index is -0.374. The molecule has 0 heterocycles. The van der Waals surface area contributed by atoms with Crippen molar-refractivity contribution in [2.45, 2.75) is 89.9 Å². The summed E-state index contributed by atoms with van der Waals surface area (Å²) in [5.74, 6) is 6.01. The molecule has 27 heavy (non-hydrogen) atoms. The Kier molecular flexibility index (Phi) is 14.0. The highest BCUT2D eigenvalue weighted by Gasteiger charge is 2.09. The predicted molar refractivity (Wildman–Crippen MR) is 112 cm³/mol. The standard InChI is InChI=1S/C23H35NO3/c25-21-17-13-11-9-7-5-3-1-2-4-6-8-10-12-14-18-22-19-15-16-20-23(22)24(26)27/h15-16,19-20,25H,1-13,17,21H2. The zero-order valence-corrected chi connectivity index (χ0v) is 16.6. The molecule has 1 aromatic rings. The summed E-state index contributed by atoms with van der Waals surface area (Å²) in [6.07, 6.45) is 17.0. The number of hydrogen-bond acceptors (Lipinski definition) is 3. The van der Waals surface area contributed by atoms with Crippen molar-refractivity contribution in [1.29, 1.82) is 0 Å². The Bertz CT molecular complexity index is 574. The van der Waals surface area contributed by atoms with Crippen LogP contribution in [0.25, 0.3) is 0 Å². The molecule has 1 aromatic carbocycles. The molecule has 0 aliphatic carbocycles. The first-order chi connectivity index (χ1) is 13.3. The predicted octanol–water partition coefficient (Wildman–Crippen LogP) is 6.40. The van der Waals surface area contributed by atoms with Crippen molar-refractivity contribution in [1.82, 2.24) is 0 Å². The molecular formula is C23H35NO3. The fraction of sp³-hybridized carbons (Fsp3) is 0.652. The number of aliphatic hydroxyl groups is 1. The first-order valence-electron chi connectivity index (χ1n) is 10.6. The van der Waals surface area contributed by atoms with Crippen LogP contribution in [0.4, 0.5) is 5.69 Å². The van der Waals surface area contributed by atoms with E-state index in [4.69, 9.17) is 5.11 Å². The van der Waals surface area contributed by atoms with Gasteiger partial charge < -0.3 is 5.11 Å². The number of nitro groups is 1. The number of unbranched alkanes of at least 4 members (excludes halogenated alkanes) is 13. The molecular weight excluding hydrogens is 338 g/mol. The molecule has 1 N–H and O–H groups in total. The highest BCUT2D eigenvalue weighted by atomic mass is 16.6. The molecule has 0 amide bonds. The van der Waals surface area contributed by atoms with Crippen molar-refractivity contribution in [2.24, 2.45) is 0 Å². The highest BCUT2D eigenvalue weighted by Crippen LogP contribution is 2.16. The van der Waals surface area contributed by atoms with Crippen LogP contribution in [-0.4, -0.2) is 16.6 Å². The van der Waals surface area contributed by atoms with Crippen LogP contribution in [0.2, 0.25) is 0 Å². The van der Waals surface area contributed by atoms with Gasteiger partial charge in [-0.05, 0) is 18.9 Å². The van der Waals surface area contributed by atoms with Gasteiger partial charge >= 0.3 is 0 Å². The van der Waals surface area contributed by atoms with Gasteiger partial charge in [0, 0.05) is 19.1 Å². The van der Waals surface area contributed by atoms with Crippen LogP contribution in [0.5, 0.6) is 0 Å². The molecule has 0 saturated heterocycles. The Hall–Kier alpha value is -1.86. The molecule has 0 radical (unpaired) electrons. The van der Waals surface area contributed by atoms with Crippen molar-refractivity contribution >= 4 is 5.69 Å². The second-order valence-electron chi connectivity index (χ2n) is 7.15. The second kappa shape index (κ2) is 16.3. The number of nitrogens with zero attached hydrogens (tertiary/aromatic N) is 1. The van der Waals surface area contributed by atoms with E-state index >= 15 is 0 Å². The zero-order valence-electron chi connectivity index (χ0n) is 16.6. The Morgan fingerprint density at radius 1 is 0.778 bits per heavy atom. The van der Waals surface area contributed by atoms with E-state index in [0.717, 1.165) is 19.3 Å². The number of hydrogen-bond donors (Lipinski definition) is 1. The fourth-order valence-corrected chi connectivity index (χ4v) is 3.17. The summed E-state index contributed by atoms with van der Waals surface area (Å²) in [4.78, 5) is 10.5. The SMILES string of the molecule is O=[N+]([O-])c1ccccc1C#CCCCCCCCCCCCCCCCO. The van der Waals surface area contributed by atoms with Crippen LogP contribution in [0.1, 0.15) is 95.5 Å². The van der Waals surface area contributed by atoms with Crippen molar-refractivity contribution in [3.05, 3.63) is 39.9 Å². The third-order valence-corrected chi connectivity index (χ3v) is 4.78. The zero-order chi connectivity index (χ0) is 19.6. The normalized spacial score (nSPS) is 10.4. The van der Waals surface area contributed by atoms with E-state index in [2.05, 4.69) is 11.8 Å². The minimum Gasteiger partial charge on any atom is -0.396 e. The lowest BCUT2D eigenvalue weighted by Crippen LogP contribution is -1.91. The lowest BCUT2D eigenvalue weighted by Gasteiger charge is -2.02. The highest BCUT2D eigenvalue weighted by molar-refractivity contribution is 5.50. The molecule has 0 aliphatic rings. The van der Waals surface area contributed by atoms with Gasteiger partial charge in [0.2, 0.25) is 0 Å². The lowest BCUT2D eigenvalue weighted by atomic mass is 10.0. The molecule has 0 aliphatic heterocycles. The van der Waals surface area contributed by atoms with Gasteiger partial charge in [-0.3, -0.25) is 10.1 Å². The van der Waals surface area contributed by atoms with Crippen molar-refractivity contribution < 1.29 is 10.0 Å². The summed E-state index contributed by atoms with van der Waals surface area (Å²) in [5, 5.41) is 19.6. The number of benzene rings is 1. The summed E-state index contributed by atoms with van der Waals surface area (Å²) in [6, 6.07) is 6.67. The average Bonchev–Trinajstić information content (AvgIpc) is 2.68. The molecule has 0 bridgehead atoms. The van der Waals surface area contributed by atoms with E-state index < -0.39 is 0 Å². The van der Waals surface area contributed by atoms with Crippen molar-refractivity contribution in [3.8, 4) is 11.8 Å². The van der Waals surface area contributed by atoms with Gasteiger partial charge in [0.15, 0.2) is 0 Å². The maximum atomic E-state index is 10.9. The van der Waals surface area contributed by atoms with Gasteiger partial charge in [-0.2, -0.15) is 0 Å². The molecule has 0 fully saturated rings. The van der Waals surface area contributed by atoms with Crippen LogP contribution < -0.4 is 0 Å². The van der Waals surface area contributed by atoms with Crippen LogP contribution in [-0.2, 0) is 0 Å². The van der Waals surface area contributed by atoms with E-state index in [0.29, 0.717) is 12.2 Å². The molecule has 0 unspecified atom stereocenters. The van der Waals surface area contributed by atoms with Gasteiger partial charge in [-0.1, -0.05) is 94.6 Å². The molecule has 0 spiro atoms. The molecule has 0 saturated carbocycles. The Morgan fingerprint density at radius 3 is 1.78 bits per heavy atom. The maximum Gasteiger partial charge on any atom is 0.284 e. The molecule has 150 valence electrons. The quantitative estimate of drug-likeness (QED) is 0.167. The molecule has 1 rings (SSSR count). The number of nitro benzene ring substituents is 1.